The minimum atomic E-state index is -0.699. The Morgan fingerprint density at radius 2 is 1.51 bits per heavy atom. The zero-order valence-corrected chi connectivity index (χ0v) is 20.3. The number of anilines is 1. The number of hydrogen-bond acceptors (Lipinski definition) is 7. The maximum absolute atomic E-state index is 13.3. The van der Waals surface area contributed by atoms with E-state index in [0.29, 0.717) is 39.4 Å². The Balaban J connectivity index is 0.000000173. The van der Waals surface area contributed by atoms with Gasteiger partial charge in [-0.25, -0.2) is 8.78 Å². The molecule has 9 nitrogen and oxygen atoms in total. The molecule has 37 heavy (non-hydrogen) atoms. The van der Waals surface area contributed by atoms with Gasteiger partial charge in [-0.15, -0.1) is 0 Å². The minimum absolute atomic E-state index is 0.0625. The number of aromatic nitrogens is 1. The zero-order valence-electron chi connectivity index (χ0n) is 20.3. The van der Waals surface area contributed by atoms with Crippen molar-refractivity contribution >= 4 is 51.2 Å². The molecule has 2 aromatic carbocycles. The molecule has 0 saturated heterocycles. The first kappa shape index (κ1) is 26.9. The second-order valence-electron chi connectivity index (χ2n) is 8.23. The molecule has 0 radical (unpaired) electrons. The Kier molecular flexibility index (Phi) is 7.96. The van der Waals surface area contributed by atoms with Gasteiger partial charge in [0.1, 0.15) is 23.2 Å². The van der Waals surface area contributed by atoms with E-state index in [-0.39, 0.29) is 35.2 Å². The fraction of sp³-hybridized carbons (Fsp3) is 0.192. The van der Waals surface area contributed by atoms with Gasteiger partial charge >= 0.3 is 0 Å². The predicted octanol–water partition coefficient (Wildman–Crippen LogP) is 4.47. The number of hydrogen-bond donors (Lipinski definition) is 2. The third-order valence-corrected chi connectivity index (χ3v) is 5.11. The molecule has 2 aliphatic rings. The number of benzene rings is 2. The third-order valence-electron chi connectivity index (χ3n) is 5.11. The number of ketones is 4. The van der Waals surface area contributed by atoms with Gasteiger partial charge in [-0.1, -0.05) is 0 Å². The highest BCUT2D eigenvalue weighted by atomic mass is 19.1. The van der Waals surface area contributed by atoms with Crippen LogP contribution >= 0.6 is 0 Å². The average molecular weight is 512 g/mol. The van der Waals surface area contributed by atoms with Crippen LogP contribution in [0.1, 0.15) is 50.0 Å². The van der Waals surface area contributed by atoms with Gasteiger partial charge in [0.2, 0.25) is 0 Å². The van der Waals surface area contributed by atoms with Gasteiger partial charge < -0.3 is 10.3 Å². The number of carbonyl (C=O) groups is 5. The number of rotatable bonds is 3. The van der Waals surface area contributed by atoms with Crippen molar-refractivity contribution in [3.63, 3.8) is 0 Å². The summed E-state index contributed by atoms with van der Waals surface area (Å²) in [7, 11) is 0. The molecule has 2 aliphatic heterocycles. The van der Waals surface area contributed by atoms with Crippen LogP contribution in [-0.4, -0.2) is 34.0 Å². The Hall–Kier alpha value is -4.67. The minimum Gasteiger partial charge on any atom is -0.321 e. The second kappa shape index (κ2) is 10.9. The smallest absolute Gasteiger partial charge is 0.296 e. The number of halogens is 2. The lowest BCUT2D eigenvalue weighted by molar-refractivity contribution is -0.171. The number of fused-ring (bicyclic) bond motifs is 4. The van der Waals surface area contributed by atoms with Crippen LogP contribution in [0.2, 0.25) is 0 Å². The summed E-state index contributed by atoms with van der Waals surface area (Å²) in [5.41, 5.74) is 2.15. The molecule has 0 atom stereocenters. The molecule has 0 bridgehead atoms. The zero-order chi connectivity index (χ0) is 27.4. The molecule has 0 saturated carbocycles. The molecule has 2 N–H and O–H groups in total. The Morgan fingerprint density at radius 1 is 0.892 bits per heavy atom. The van der Waals surface area contributed by atoms with Crippen LogP contribution in [0, 0.1) is 11.6 Å². The molecule has 5 rings (SSSR count). The fourth-order valence-corrected chi connectivity index (χ4v) is 3.66. The highest BCUT2D eigenvalue weighted by Gasteiger charge is 2.29. The van der Waals surface area contributed by atoms with Crippen molar-refractivity contribution < 1.29 is 42.5 Å². The van der Waals surface area contributed by atoms with E-state index in [4.69, 9.17) is 9.78 Å². The van der Waals surface area contributed by atoms with Crippen molar-refractivity contribution in [1.29, 1.82) is 0 Å². The van der Waals surface area contributed by atoms with Gasteiger partial charge in [0.25, 0.3) is 17.6 Å². The van der Waals surface area contributed by atoms with Crippen molar-refractivity contribution in [1.82, 2.24) is 4.98 Å². The number of Topliss-reactive ketones (excluding diaryl/α,β-unsaturated/α-hetero) is 4. The van der Waals surface area contributed by atoms with Gasteiger partial charge in [-0.3, -0.25) is 33.7 Å². The van der Waals surface area contributed by atoms with Crippen molar-refractivity contribution in [3.05, 3.63) is 64.9 Å². The Labute approximate surface area is 209 Å². The summed E-state index contributed by atoms with van der Waals surface area (Å²) in [4.78, 5) is 66.5. The first-order valence-electron chi connectivity index (χ1n) is 10.9. The summed E-state index contributed by atoms with van der Waals surface area (Å²) in [5, 5.41) is 2.93. The van der Waals surface area contributed by atoms with Gasteiger partial charge in [0, 0.05) is 10.9 Å². The first-order valence-corrected chi connectivity index (χ1v) is 10.9. The topological polar surface area (TPSA) is 132 Å². The number of allylic oxidation sites excluding steroid dienone is 2. The maximum atomic E-state index is 13.3. The van der Waals surface area contributed by atoms with Gasteiger partial charge in [0.15, 0.2) is 11.5 Å². The van der Waals surface area contributed by atoms with Crippen LogP contribution in [-0.2, 0) is 24.1 Å². The highest BCUT2D eigenvalue weighted by Crippen LogP contribution is 2.39. The maximum Gasteiger partial charge on any atom is 0.296 e. The van der Waals surface area contributed by atoms with Gasteiger partial charge in [-0.2, -0.15) is 0 Å². The SMILES string of the molecule is CC(=O)C1=C(C)OOc2[nH]c3ccc(F)cc3c21.CC(=O)CC(C)=O.O=C1Nc2ccc(F)cc2C1=O. The van der Waals surface area contributed by atoms with Crippen LogP contribution in [0.5, 0.6) is 5.88 Å². The van der Waals surface area contributed by atoms with Crippen LogP contribution in [0.25, 0.3) is 16.5 Å². The summed E-state index contributed by atoms with van der Waals surface area (Å²) in [5.74, 6) is -1.83. The van der Waals surface area contributed by atoms with E-state index >= 15 is 0 Å². The molecule has 1 amide bonds. The van der Waals surface area contributed by atoms with Crippen LogP contribution in [0.15, 0.2) is 42.2 Å². The Bertz CT molecular complexity index is 1480. The lowest BCUT2D eigenvalue weighted by Crippen LogP contribution is -2.12. The van der Waals surface area contributed by atoms with E-state index in [2.05, 4.69) is 10.3 Å². The monoisotopic (exact) mass is 512 g/mol. The van der Waals surface area contributed by atoms with E-state index in [9.17, 15) is 32.8 Å². The molecule has 3 aromatic rings. The summed E-state index contributed by atoms with van der Waals surface area (Å²) in [6.45, 7) is 5.88. The van der Waals surface area contributed by atoms with Gasteiger partial charge in [-0.05, 0) is 64.1 Å². The van der Waals surface area contributed by atoms with Gasteiger partial charge in [0.05, 0.1) is 28.8 Å². The molecule has 0 fully saturated rings. The van der Waals surface area contributed by atoms with E-state index in [1.807, 2.05) is 0 Å². The largest absolute Gasteiger partial charge is 0.321 e. The standard InChI is InChI=1S/C13H10FNO3.C8H4FNO2.C5H8O2/c1-6(16)11-7(2)17-18-13-12(11)9-5-8(14)3-4-10(9)15-13;9-4-1-2-6-5(3-4)7(11)8(12)10-6;1-4(6)3-5(2)7/h3-5,15H,1-2H3;1-3H,(H,10,11,12);3H2,1-2H3. The van der Waals surface area contributed by atoms with E-state index in [0.717, 1.165) is 6.07 Å². The highest BCUT2D eigenvalue weighted by molar-refractivity contribution is 6.51. The second-order valence-corrected chi connectivity index (χ2v) is 8.23. The number of nitrogens with one attached hydrogen (secondary N) is 2. The van der Waals surface area contributed by atoms with E-state index in [1.165, 1.54) is 45.0 Å². The predicted molar refractivity (Wildman–Crippen MR) is 129 cm³/mol. The molecular formula is C26H22F2N2O7. The van der Waals surface area contributed by atoms with Crippen molar-refractivity contribution in [3.8, 4) is 5.88 Å². The van der Waals surface area contributed by atoms with Crippen molar-refractivity contribution in [2.75, 3.05) is 5.32 Å². The molecule has 192 valence electrons. The summed E-state index contributed by atoms with van der Waals surface area (Å²) >= 11 is 0. The van der Waals surface area contributed by atoms with Crippen LogP contribution < -0.4 is 10.2 Å². The molecular weight excluding hydrogens is 490 g/mol. The lowest BCUT2D eigenvalue weighted by atomic mass is 10.00. The molecule has 0 aliphatic carbocycles. The lowest BCUT2D eigenvalue weighted by Gasteiger charge is -2.16. The summed E-state index contributed by atoms with van der Waals surface area (Å²) < 4.78 is 25.9. The molecule has 0 unspecified atom stereocenters. The summed E-state index contributed by atoms with van der Waals surface area (Å²) in [6, 6.07) is 7.92. The first-order chi connectivity index (χ1) is 17.4. The molecule has 11 heteroatoms. The number of aromatic amines is 1. The van der Waals surface area contributed by atoms with Crippen LogP contribution in [0.4, 0.5) is 14.5 Å². The quantitative estimate of drug-likeness (QED) is 0.301. The van der Waals surface area contributed by atoms with Crippen LogP contribution in [0.3, 0.4) is 0 Å². The van der Waals surface area contributed by atoms with E-state index < -0.39 is 17.5 Å². The molecule has 1 aromatic heterocycles. The Morgan fingerprint density at radius 3 is 2.11 bits per heavy atom. The number of H-pyrrole nitrogens is 1. The molecule has 3 heterocycles. The van der Waals surface area contributed by atoms with Crippen molar-refractivity contribution in [2.24, 2.45) is 0 Å². The fourth-order valence-electron chi connectivity index (χ4n) is 3.66. The van der Waals surface area contributed by atoms with Crippen molar-refractivity contribution in [2.45, 2.75) is 34.1 Å². The average Bonchev–Trinajstić information content (AvgIpc) is 3.30. The molecule has 0 spiro atoms. The normalized spacial score (nSPS) is 13.1. The third kappa shape index (κ3) is 6.13. The van der Waals surface area contributed by atoms with E-state index in [1.54, 1.807) is 13.0 Å². The summed E-state index contributed by atoms with van der Waals surface area (Å²) in [6.07, 6.45) is 0.0833. The number of amides is 1. The number of carbonyl (C=O) groups excluding carboxylic acids is 5.